The Labute approximate surface area is 341 Å². The fourth-order valence-electron chi connectivity index (χ4n) is 7.96. The number of carbonyl (C=O) groups is 4. The third-order valence-corrected chi connectivity index (χ3v) is 14.2. The van der Waals surface area contributed by atoms with E-state index in [1.165, 1.54) is 30.4 Å². The van der Waals surface area contributed by atoms with Crippen molar-refractivity contribution in [3.05, 3.63) is 89.1 Å². The summed E-state index contributed by atoms with van der Waals surface area (Å²) in [6.45, 7) is 6.93. The van der Waals surface area contributed by atoms with Crippen LogP contribution < -0.4 is 19.7 Å². The SMILES string of the molecule is CCCOC(=O)[C@H](C)NP(=O)(Oc1ccccc1)[C@H](F)c1ccc2sc(C(=O)N[C@H]3CCC[C@H]4CC[C@@H](C(=O)N5CC(c6cnccc6OCC)C5)N4C3=O)cc2c1. The minimum Gasteiger partial charge on any atom is -0.493 e. The van der Waals surface area contributed by atoms with E-state index in [4.69, 9.17) is 14.0 Å². The highest BCUT2D eigenvalue weighted by atomic mass is 32.1. The predicted molar refractivity (Wildman–Crippen MR) is 218 cm³/mol. The molecule has 0 bridgehead atoms. The second-order valence-corrected chi connectivity index (χ2v) is 18.2. The smallest absolute Gasteiger partial charge is 0.355 e. The van der Waals surface area contributed by atoms with Gasteiger partial charge in [-0.25, -0.2) is 9.48 Å². The first kappa shape index (κ1) is 41.3. The summed E-state index contributed by atoms with van der Waals surface area (Å²) in [5, 5.41) is 6.05. The number of fused-ring (bicyclic) bond motifs is 2. The molecule has 308 valence electrons. The number of nitrogens with one attached hydrogen (secondary N) is 2. The molecular weight excluding hydrogens is 785 g/mol. The summed E-state index contributed by atoms with van der Waals surface area (Å²) in [5.74, 6) is -2.64. The summed E-state index contributed by atoms with van der Waals surface area (Å²) < 4.78 is 48.1. The van der Waals surface area contributed by atoms with Gasteiger partial charge in [-0.05, 0) is 99.7 Å². The van der Waals surface area contributed by atoms with Crippen LogP contribution in [0.5, 0.6) is 11.5 Å². The molecule has 1 unspecified atom stereocenters. The zero-order valence-corrected chi connectivity index (χ0v) is 34.5. The molecule has 3 amide bonds. The van der Waals surface area contributed by atoms with E-state index in [9.17, 15) is 23.7 Å². The average Bonchev–Trinajstić information content (AvgIpc) is 3.80. The maximum atomic E-state index is 16.5. The molecule has 0 aliphatic carbocycles. The largest absolute Gasteiger partial charge is 0.493 e. The Kier molecular flexibility index (Phi) is 12.8. The minimum absolute atomic E-state index is 0.0246. The number of nitrogens with zero attached hydrogens (tertiary/aromatic N) is 3. The van der Waals surface area contributed by atoms with Crippen LogP contribution in [0, 0.1) is 0 Å². The molecule has 0 spiro atoms. The number of pyridine rings is 1. The van der Waals surface area contributed by atoms with Gasteiger partial charge in [0.05, 0.1) is 18.1 Å². The van der Waals surface area contributed by atoms with Gasteiger partial charge in [-0.2, -0.15) is 0 Å². The lowest BCUT2D eigenvalue weighted by atomic mass is 9.91. The van der Waals surface area contributed by atoms with Crippen molar-refractivity contribution < 1.29 is 42.1 Å². The standard InChI is InChI=1S/C42H49FN5O8PS/c1-4-20-55-42(52)26(3)46-57(53,56-31-11-7-6-8-12-31)38(43)27-14-17-36-28(21-27)22-37(58-36)39(49)45-33-13-9-10-30-15-16-34(48(30)40(33)50)41(51)47-24-29(25-47)32-23-44-19-18-35(32)54-5-2/h6-8,11-12,14,17-19,21-23,26,29-30,33-34,38H,4-5,9-10,13,15-16,20,24-25H2,1-3H3,(H,45,49)(H,46,53)/t26-,30-,33-,34-,38-,57?/m0/s1. The molecule has 0 saturated carbocycles. The minimum atomic E-state index is -4.44. The summed E-state index contributed by atoms with van der Waals surface area (Å²) in [7, 11) is -4.44. The topological polar surface area (TPSA) is 156 Å². The van der Waals surface area contributed by atoms with Crippen LogP contribution in [-0.2, 0) is 23.7 Å². The number of hydrogen-bond acceptors (Lipinski definition) is 10. The highest BCUT2D eigenvalue weighted by molar-refractivity contribution is 7.57. The Morgan fingerprint density at radius 1 is 1.03 bits per heavy atom. The van der Waals surface area contributed by atoms with Crippen LogP contribution >= 0.6 is 18.9 Å². The maximum absolute atomic E-state index is 16.5. The zero-order valence-electron chi connectivity index (χ0n) is 32.8. The molecular formula is C42H49FN5O8PS. The van der Waals surface area contributed by atoms with Crippen molar-refractivity contribution in [3.8, 4) is 11.5 Å². The number of alkyl halides is 1. The van der Waals surface area contributed by atoms with E-state index in [1.807, 2.05) is 19.9 Å². The molecule has 4 aromatic rings. The van der Waals surface area contributed by atoms with E-state index in [1.54, 1.807) is 64.7 Å². The van der Waals surface area contributed by atoms with Gasteiger partial charge in [0.1, 0.15) is 29.6 Å². The predicted octanol–water partition coefficient (Wildman–Crippen LogP) is 7.13. The van der Waals surface area contributed by atoms with Gasteiger partial charge in [0, 0.05) is 47.7 Å². The van der Waals surface area contributed by atoms with E-state index in [0.717, 1.165) is 24.2 Å². The monoisotopic (exact) mass is 833 g/mol. The van der Waals surface area contributed by atoms with Gasteiger partial charge >= 0.3 is 13.5 Å². The summed E-state index contributed by atoms with van der Waals surface area (Å²) in [6, 6.07) is 13.6. The Hall–Kier alpha value is -4.85. The van der Waals surface area contributed by atoms with Crippen LogP contribution in [0.15, 0.2) is 73.1 Å². The molecule has 3 saturated heterocycles. The molecule has 2 N–H and O–H groups in total. The second kappa shape index (κ2) is 18.0. The van der Waals surface area contributed by atoms with Gasteiger partial charge in [0.15, 0.2) is 0 Å². The first-order chi connectivity index (χ1) is 28.0. The molecule has 13 nitrogen and oxygen atoms in total. The molecule has 16 heteroatoms. The van der Waals surface area contributed by atoms with Gasteiger partial charge in [-0.3, -0.25) is 28.7 Å². The molecule has 2 aromatic heterocycles. The van der Waals surface area contributed by atoms with Crippen LogP contribution in [0.4, 0.5) is 4.39 Å². The third kappa shape index (κ3) is 8.76. The quantitative estimate of drug-likeness (QED) is 0.0933. The molecule has 58 heavy (non-hydrogen) atoms. The van der Waals surface area contributed by atoms with Crippen LogP contribution in [0.3, 0.4) is 0 Å². The fourth-order valence-corrected chi connectivity index (χ4v) is 10.8. The number of amides is 3. The Bertz CT molecular complexity index is 2180. The summed E-state index contributed by atoms with van der Waals surface area (Å²) in [6.07, 6.45) is 7.27. The van der Waals surface area contributed by atoms with Crippen molar-refractivity contribution in [2.75, 3.05) is 26.3 Å². The molecule has 3 fully saturated rings. The average molecular weight is 834 g/mol. The first-order valence-electron chi connectivity index (χ1n) is 19.9. The van der Waals surface area contributed by atoms with E-state index in [-0.39, 0.29) is 41.7 Å². The lowest BCUT2D eigenvalue weighted by molar-refractivity contribution is -0.148. The number of ether oxygens (including phenoxy) is 2. The Morgan fingerprint density at radius 3 is 2.59 bits per heavy atom. The number of esters is 1. The van der Waals surface area contributed by atoms with Crippen LogP contribution in [0.25, 0.3) is 10.1 Å². The highest BCUT2D eigenvalue weighted by Crippen LogP contribution is 2.58. The molecule has 3 aliphatic rings. The molecule has 3 aliphatic heterocycles. The lowest BCUT2D eigenvalue weighted by Crippen LogP contribution is -2.58. The second-order valence-electron chi connectivity index (χ2n) is 15.0. The van der Waals surface area contributed by atoms with Crippen molar-refractivity contribution in [2.45, 2.75) is 95.3 Å². The number of halogens is 1. The Balaban J connectivity index is 1.03. The molecule has 6 atom stereocenters. The van der Waals surface area contributed by atoms with Crippen molar-refractivity contribution in [2.24, 2.45) is 0 Å². The highest BCUT2D eigenvalue weighted by Gasteiger charge is 2.48. The van der Waals surface area contributed by atoms with Crippen molar-refractivity contribution in [1.82, 2.24) is 25.2 Å². The number of hydrogen-bond donors (Lipinski definition) is 2. The van der Waals surface area contributed by atoms with E-state index in [0.29, 0.717) is 60.3 Å². The fraction of sp³-hybridized carbons (Fsp3) is 0.452. The van der Waals surface area contributed by atoms with E-state index < -0.39 is 43.4 Å². The van der Waals surface area contributed by atoms with Gasteiger partial charge < -0.3 is 29.1 Å². The zero-order chi connectivity index (χ0) is 41.0. The summed E-state index contributed by atoms with van der Waals surface area (Å²) in [5.41, 5.74) is 0.995. The number of likely N-dealkylation sites (tertiary alicyclic amines) is 1. The number of para-hydroxylation sites is 1. The van der Waals surface area contributed by atoms with Crippen LogP contribution in [0.2, 0.25) is 0 Å². The number of benzene rings is 2. The number of aromatic nitrogens is 1. The molecule has 7 rings (SSSR count). The Morgan fingerprint density at radius 2 is 1.83 bits per heavy atom. The molecule has 0 radical (unpaired) electrons. The van der Waals surface area contributed by atoms with Crippen LogP contribution in [-0.4, -0.2) is 88.9 Å². The first-order valence-corrected chi connectivity index (χ1v) is 22.5. The molecule has 5 heterocycles. The lowest BCUT2D eigenvalue weighted by Gasteiger charge is -2.42. The van der Waals surface area contributed by atoms with Gasteiger partial charge in [-0.15, -0.1) is 11.3 Å². The summed E-state index contributed by atoms with van der Waals surface area (Å²) >= 11 is 1.18. The normalized spacial score (nSPS) is 21.6. The van der Waals surface area contributed by atoms with Gasteiger partial charge in [0.25, 0.3) is 5.91 Å². The van der Waals surface area contributed by atoms with E-state index in [2.05, 4.69) is 15.4 Å². The number of carbonyl (C=O) groups excluding carboxylic acids is 4. The number of thiophene rings is 1. The van der Waals surface area contributed by atoms with Crippen molar-refractivity contribution in [1.29, 1.82) is 0 Å². The van der Waals surface area contributed by atoms with Crippen LogP contribution in [0.1, 0.15) is 91.9 Å². The maximum Gasteiger partial charge on any atom is 0.355 e. The van der Waals surface area contributed by atoms with Crippen molar-refractivity contribution >= 4 is 52.6 Å². The van der Waals surface area contributed by atoms with E-state index >= 15 is 4.39 Å². The van der Waals surface area contributed by atoms with Gasteiger partial charge in [-0.1, -0.05) is 31.2 Å². The van der Waals surface area contributed by atoms with Gasteiger partial charge in [0.2, 0.25) is 17.7 Å². The molecule has 2 aromatic carbocycles. The number of rotatable bonds is 15. The third-order valence-electron chi connectivity index (χ3n) is 10.9. The van der Waals surface area contributed by atoms with Crippen molar-refractivity contribution in [3.63, 3.8) is 0 Å². The summed E-state index contributed by atoms with van der Waals surface area (Å²) in [4.78, 5) is 62.4.